The van der Waals surface area contributed by atoms with Gasteiger partial charge in [0.1, 0.15) is 5.76 Å². The molecule has 0 bridgehead atoms. The number of aromatic nitrogens is 3. The molecular weight excluding hydrogens is 428 g/mol. The van der Waals surface area contributed by atoms with Gasteiger partial charge in [-0.1, -0.05) is 0 Å². The average molecular weight is 453 g/mol. The Bertz CT molecular complexity index is 1210. The maximum atomic E-state index is 12.7. The van der Waals surface area contributed by atoms with Crippen LogP contribution < -0.4 is 10.6 Å². The minimum Gasteiger partial charge on any atom is -0.441 e. The zero-order chi connectivity index (χ0) is 21.9. The smallest absolute Gasteiger partial charge is 0.256 e. The summed E-state index contributed by atoms with van der Waals surface area (Å²) in [4.78, 5) is 20.3. The first-order valence-corrected chi connectivity index (χ1v) is 11.3. The predicted octanol–water partition coefficient (Wildman–Crippen LogP) is 3.58. The second kappa shape index (κ2) is 9.11. The molecule has 166 valence electrons. The summed E-state index contributed by atoms with van der Waals surface area (Å²) >= 11 is 1.47. The van der Waals surface area contributed by atoms with Crippen molar-refractivity contribution in [3.8, 4) is 10.8 Å². The number of hydrogen-bond acceptors (Lipinski definition) is 8. The monoisotopic (exact) mass is 452 g/mol. The largest absolute Gasteiger partial charge is 0.441 e. The Morgan fingerprint density at radius 2 is 2.06 bits per heavy atom. The number of ether oxygens (including phenoxy) is 1. The quantitative estimate of drug-likeness (QED) is 0.393. The number of aryl methyl sites for hydroxylation is 1. The third-order valence-corrected chi connectivity index (χ3v) is 6.44. The molecule has 1 amide bonds. The van der Waals surface area contributed by atoms with Gasteiger partial charge in [0.2, 0.25) is 5.89 Å². The van der Waals surface area contributed by atoms with Gasteiger partial charge in [-0.2, -0.15) is 5.10 Å². The van der Waals surface area contributed by atoms with E-state index in [4.69, 9.17) is 9.15 Å². The lowest BCUT2D eigenvalue weighted by molar-refractivity contribution is 0.0398. The maximum Gasteiger partial charge on any atom is 0.256 e. The van der Waals surface area contributed by atoms with Crippen molar-refractivity contribution in [3.63, 3.8) is 0 Å². The van der Waals surface area contributed by atoms with Crippen LogP contribution in [0.15, 0.2) is 40.9 Å². The van der Waals surface area contributed by atoms with E-state index in [-0.39, 0.29) is 5.91 Å². The zero-order valence-corrected chi connectivity index (χ0v) is 18.5. The van der Waals surface area contributed by atoms with Crippen molar-refractivity contribution in [3.05, 3.63) is 47.9 Å². The van der Waals surface area contributed by atoms with Crippen molar-refractivity contribution in [1.82, 2.24) is 20.1 Å². The molecule has 1 aliphatic heterocycles. The van der Waals surface area contributed by atoms with Gasteiger partial charge in [0.05, 0.1) is 34.5 Å². The maximum absolute atomic E-state index is 12.7. The fraction of sp³-hybridized carbons (Fsp3) is 0.318. The number of carbonyl (C=O) groups is 1. The molecule has 1 aromatic carbocycles. The van der Waals surface area contributed by atoms with Gasteiger partial charge in [-0.05, 0) is 37.3 Å². The Hall–Kier alpha value is -3.21. The van der Waals surface area contributed by atoms with Crippen molar-refractivity contribution in [2.45, 2.75) is 6.92 Å². The van der Waals surface area contributed by atoms with Crippen LogP contribution in [-0.2, 0) is 4.74 Å². The fourth-order valence-electron chi connectivity index (χ4n) is 3.58. The normalized spacial score (nSPS) is 14.7. The van der Waals surface area contributed by atoms with Crippen molar-refractivity contribution < 1.29 is 13.9 Å². The van der Waals surface area contributed by atoms with E-state index >= 15 is 0 Å². The topological polar surface area (TPSA) is 108 Å². The van der Waals surface area contributed by atoms with E-state index in [2.05, 4.69) is 30.7 Å². The van der Waals surface area contributed by atoms with E-state index in [1.165, 1.54) is 11.3 Å². The summed E-state index contributed by atoms with van der Waals surface area (Å²) in [6.45, 7) is 7.23. The molecule has 1 aliphatic rings. The number of fused-ring (bicyclic) bond motifs is 1. The first kappa shape index (κ1) is 20.7. The number of thiophene rings is 1. The highest BCUT2D eigenvalue weighted by molar-refractivity contribution is 7.22. The summed E-state index contributed by atoms with van der Waals surface area (Å²) < 4.78 is 11.8. The summed E-state index contributed by atoms with van der Waals surface area (Å²) in [6.07, 6.45) is 1.69. The molecule has 0 atom stereocenters. The highest BCUT2D eigenvalue weighted by atomic mass is 32.1. The lowest BCUT2D eigenvalue weighted by Crippen LogP contribution is -2.39. The van der Waals surface area contributed by atoms with Crippen molar-refractivity contribution >= 4 is 39.0 Å². The van der Waals surface area contributed by atoms with Crippen LogP contribution in [0.5, 0.6) is 0 Å². The van der Waals surface area contributed by atoms with E-state index in [0.717, 1.165) is 65.9 Å². The number of anilines is 2. The van der Waals surface area contributed by atoms with Gasteiger partial charge in [-0.3, -0.25) is 14.8 Å². The van der Waals surface area contributed by atoms with Crippen LogP contribution in [0.2, 0.25) is 0 Å². The van der Waals surface area contributed by atoms with Crippen LogP contribution >= 0.6 is 11.3 Å². The molecule has 3 aromatic heterocycles. The van der Waals surface area contributed by atoms with Gasteiger partial charge in [0.25, 0.3) is 5.91 Å². The molecule has 3 N–H and O–H groups in total. The molecule has 1 saturated heterocycles. The zero-order valence-electron chi connectivity index (χ0n) is 17.7. The number of nitrogens with zero attached hydrogens (tertiary/aromatic N) is 3. The van der Waals surface area contributed by atoms with E-state index in [9.17, 15) is 4.79 Å². The number of carbonyl (C=O) groups excluding carboxylic acids is 1. The first-order valence-electron chi connectivity index (χ1n) is 10.5. The van der Waals surface area contributed by atoms with Crippen molar-refractivity contribution in [2.75, 3.05) is 50.0 Å². The fourth-order valence-corrected chi connectivity index (χ4v) is 4.56. The second-order valence-corrected chi connectivity index (χ2v) is 8.67. The number of amides is 1. The van der Waals surface area contributed by atoms with Gasteiger partial charge in [-0.15, -0.1) is 11.3 Å². The number of nitrogens with one attached hydrogen (secondary N) is 3. The molecule has 1 fully saturated rings. The summed E-state index contributed by atoms with van der Waals surface area (Å²) in [5.41, 5.74) is 2.39. The Morgan fingerprint density at radius 1 is 1.25 bits per heavy atom. The van der Waals surface area contributed by atoms with Crippen molar-refractivity contribution in [1.29, 1.82) is 0 Å². The molecule has 0 aliphatic carbocycles. The second-order valence-electron chi connectivity index (χ2n) is 7.61. The standard InChI is InChI=1S/C22H24N6O3S/c1-14-13-24-22(31-14)18-12-17-19(32-18)20(27-26-17)25-21(29)15-2-4-16(5-3-15)23-6-7-28-8-10-30-11-9-28/h2-5,12-13,23H,6-11H2,1H3,(H2,25,26,27,29). The number of aromatic amines is 1. The van der Waals surface area contributed by atoms with Gasteiger partial charge in [-0.25, -0.2) is 4.98 Å². The summed E-state index contributed by atoms with van der Waals surface area (Å²) in [5, 5.41) is 13.5. The van der Waals surface area contributed by atoms with Crippen LogP contribution in [0.1, 0.15) is 16.1 Å². The molecular formula is C22H24N6O3S. The summed E-state index contributed by atoms with van der Waals surface area (Å²) in [6, 6.07) is 9.38. The lowest BCUT2D eigenvalue weighted by atomic mass is 10.2. The van der Waals surface area contributed by atoms with Crippen molar-refractivity contribution in [2.24, 2.45) is 0 Å². The highest BCUT2D eigenvalue weighted by Gasteiger charge is 2.17. The molecule has 10 heteroatoms. The van der Waals surface area contributed by atoms with Gasteiger partial charge in [0.15, 0.2) is 5.82 Å². The Balaban J connectivity index is 1.20. The van der Waals surface area contributed by atoms with Crippen LogP contribution in [0.25, 0.3) is 21.0 Å². The van der Waals surface area contributed by atoms with Gasteiger partial charge < -0.3 is 19.8 Å². The Kier molecular flexibility index (Phi) is 5.89. The molecule has 0 spiro atoms. The van der Waals surface area contributed by atoms with Gasteiger partial charge >= 0.3 is 0 Å². The van der Waals surface area contributed by atoms with Crippen LogP contribution in [0, 0.1) is 6.92 Å². The number of rotatable bonds is 7. The molecule has 0 saturated carbocycles. The molecule has 4 heterocycles. The minimum absolute atomic E-state index is 0.208. The van der Waals surface area contributed by atoms with E-state index < -0.39 is 0 Å². The molecule has 9 nitrogen and oxygen atoms in total. The minimum atomic E-state index is -0.208. The number of oxazole rings is 1. The van der Waals surface area contributed by atoms with E-state index in [1.54, 1.807) is 6.20 Å². The number of H-pyrrole nitrogens is 1. The van der Waals surface area contributed by atoms with Crippen LogP contribution in [-0.4, -0.2) is 65.4 Å². The molecule has 4 aromatic rings. The summed E-state index contributed by atoms with van der Waals surface area (Å²) in [5.74, 6) is 1.60. The van der Waals surface area contributed by atoms with E-state index in [0.29, 0.717) is 17.3 Å². The SMILES string of the molecule is Cc1cnc(-c2cc3[nH]nc(NC(=O)c4ccc(NCCN5CCOCC5)cc4)c3s2)o1. The third-order valence-electron chi connectivity index (χ3n) is 5.31. The third kappa shape index (κ3) is 4.52. The van der Waals surface area contributed by atoms with Crippen LogP contribution in [0.4, 0.5) is 11.5 Å². The average Bonchev–Trinajstić information content (AvgIpc) is 3.52. The Labute approximate surface area is 188 Å². The van der Waals surface area contributed by atoms with Crippen LogP contribution in [0.3, 0.4) is 0 Å². The molecule has 5 rings (SSSR count). The predicted molar refractivity (Wildman–Crippen MR) is 124 cm³/mol. The highest BCUT2D eigenvalue weighted by Crippen LogP contribution is 2.36. The molecule has 0 unspecified atom stereocenters. The number of benzene rings is 1. The molecule has 0 radical (unpaired) electrons. The summed E-state index contributed by atoms with van der Waals surface area (Å²) in [7, 11) is 0. The van der Waals surface area contributed by atoms with Gasteiger partial charge in [0, 0.05) is 37.4 Å². The Morgan fingerprint density at radius 3 is 2.81 bits per heavy atom. The number of morpholine rings is 1. The lowest BCUT2D eigenvalue weighted by Gasteiger charge is -2.26. The number of hydrogen-bond donors (Lipinski definition) is 3. The molecule has 32 heavy (non-hydrogen) atoms. The first-order chi connectivity index (χ1) is 15.7. The van der Waals surface area contributed by atoms with E-state index in [1.807, 2.05) is 37.3 Å².